The number of ether oxygens (including phenoxy) is 1. The molecule has 1 saturated heterocycles. The van der Waals surface area contributed by atoms with E-state index in [4.69, 9.17) is 4.74 Å². The molecule has 1 saturated carbocycles. The van der Waals surface area contributed by atoms with Crippen molar-refractivity contribution in [2.75, 3.05) is 31.6 Å². The number of likely N-dealkylation sites (tertiary alicyclic amines) is 1. The molecular weight excluding hydrogens is 388 g/mol. The van der Waals surface area contributed by atoms with Crippen LogP contribution in [0.4, 0.5) is 5.69 Å². The Hall–Kier alpha value is -2.53. The molecule has 1 aliphatic carbocycles. The Morgan fingerprint density at radius 1 is 0.968 bits per heavy atom. The van der Waals surface area contributed by atoms with Gasteiger partial charge in [0.05, 0.1) is 0 Å². The van der Waals surface area contributed by atoms with E-state index >= 15 is 0 Å². The molecule has 0 radical (unpaired) electrons. The predicted molar refractivity (Wildman–Crippen MR) is 124 cm³/mol. The van der Waals surface area contributed by atoms with E-state index in [1.807, 2.05) is 30.3 Å². The largest absolute Gasteiger partial charge is 0.508 e. The number of carbonyl (C=O) groups excluding carboxylic acids is 1. The maximum atomic E-state index is 12.8. The maximum absolute atomic E-state index is 12.8. The molecule has 4 rings (SSSR count). The number of nitrogens with zero attached hydrogens (tertiary/aromatic N) is 1. The molecule has 5 nitrogen and oxygen atoms in total. The Bertz CT molecular complexity index is 851. The molecule has 0 aromatic heterocycles. The summed E-state index contributed by atoms with van der Waals surface area (Å²) in [6.07, 6.45) is 9.63. The van der Waals surface area contributed by atoms with Crippen LogP contribution in [0, 0.1) is 0 Å². The van der Waals surface area contributed by atoms with Crippen LogP contribution in [0.15, 0.2) is 42.5 Å². The summed E-state index contributed by atoms with van der Waals surface area (Å²) in [4.78, 5) is 15.2. The molecule has 1 amide bonds. The molecule has 5 heteroatoms. The topological polar surface area (TPSA) is 61.8 Å². The quantitative estimate of drug-likeness (QED) is 0.574. The van der Waals surface area contributed by atoms with E-state index in [1.54, 1.807) is 12.1 Å². The highest BCUT2D eigenvalue weighted by Crippen LogP contribution is 2.36. The molecule has 0 unspecified atom stereocenters. The first-order chi connectivity index (χ1) is 15.2. The average molecular weight is 423 g/mol. The van der Waals surface area contributed by atoms with Gasteiger partial charge in [-0.25, -0.2) is 0 Å². The lowest BCUT2D eigenvalue weighted by molar-refractivity contribution is 0.102. The second-order valence-electron chi connectivity index (χ2n) is 8.84. The molecule has 31 heavy (non-hydrogen) atoms. The molecular formula is C26H34N2O3. The molecule has 2 aliphatic rings. The first kappa shape index (κ1) is 21.7. The number of carbonyl (C=O) groups is 1. The van der Waals surface area contributed by atoms with E-state index in [0.29, 0.717) is 23.8 Å². The standard InChI is InChI=1S/C26H34N2O3/c29-25-14-9-21(19-24(25)20-7-3-1-2-4-8-20)26(30)27-22-10-12-23(13-11-22)31-18-17-28-15-5-6-16-28/h9-14,19-20,29H,1-8,15-18H2,(H,27,30). The number of phenols is 1. The monoisotopic (exact) mass is 422 g/mol. The van der Waals surface area contributed by atoms with Crippen LogP contribution in [-0.2, 0) is 0 Å². The van der Waals surface area contributed by atoms with Crippen LogP contribution in [0.25, 0.3) is 0 Å². The molecule has 0 bridgehead atoms. The fourth-order valence-electron chi connectivity index (χ4n) is 4.75. The van der Waals surface area contributed by atoms with Crippen LogP contribution in [-0.4, -0.2) is 42.2 Å². The Morgan fingerprint density at radius 2 is 1.68 bits per heavy atom. The Balaban J connectivity index is 1.33. The van der Waals surface area contributed by atoms with Gasteiger partial charge >= 0.3 is 0 Å². The molecule has 2 aromatic rings. The summed E-state index contributed by atoms with van der Waals surface area (Å²) in [5, 5.41) is 13.3. The molecule has 0 atom stereocenters. The Morgan fingerprint density at radius 3 is 2.39 bits per heavy atom. The van der Waals surface area contributed by atoms with Gasteiger partial charge in [-0.05, 0) is 92.7 Å². The summed E-state index contributed by atoms with van der Waals surface area (Å²) in [5.41, 5.74) is 2.24. The summed E-state index contributed by atoms with van der Waals surface area (Å²) in [5.74, 6) is 1.31. The number of aromatic hydroxyl groups is 1. The second-order valence-corrected chi connectivity index (χ2v) is 8.84. The van der Waals surface area contributed by atoms with E-state index in [-0.39, 0.29) is 5.91 Å². The molecule has 1 aliphatic heterocycles. The van der Waals surface area contributed by atoms with Gasteiger partial charge in [-0.15, -0.1) is 0 Å². The number of nitrogens with one attached hydrogen (secondary N) is 1. The number of hydrogen-bond donors (Lipinski definition) is 2. The van der Waals surface area contributed by atoms with Crippen molar-refractivity contribution in [1.29, 1.82) is 0 Å². The zero-order valence-electron chi connectivity index (χ0n) is 18.3. The highest BCUT2D eigenvalue weighted by molar-refractivity contribution is 6.04. The third kappa shape index (κ3) is 6.01. The number of anilines is 1. The van der Waals surface area contributed by atoms with Gasteiger partial charge in [0.25, 0.3) is 5.91 Å². The number of phenolic OH excluding ortho intramolecular Hbond substituents is 1. The fourth-order valence-corrected chi connectivity index (χ4v) is 4.75. The zero-order valence-corrected chi connectivity index (χ0v) is 18.3. The minimum atomic E-state index is -0.155. The fraction of sp³-hybridized carbons (Fsp3) is 0.500. The molecule has 1 heterocycles. The number of rotatable bonds is 7. The van der Waals surface area contributed by atoms with Crippen molar-refractivity contribution in [3.05, 3.63) is 53.6 Å². The van der Waals surface area contributed by atoms with Crippen molar-refractivity contribution < 1.29 is 14.6 Å². The Kier molecular flexibility index (Phi) is 7.47. The van der Waals surface area contributed by atoms with Crippen molar-refractivity contribution in [2.45, 2.75) is 57.3 Å². The van der Waals surface area contributed by atoms with E-state index in [0.717, 1.165) is 36.4 Å². The third-order valence-corrected chi connectivity index (χ3v) is 6.57. The van der Waals surface area contributed by atoms with E-state index < -0.39 is 0 Å². The van der Waals surface area contributed by atoms with E-state index in [9.17, 15) is 9.90 Å². The highest BCUT2D eigenvalue weighted by atomic mass is 16.5. The van der Waals surface area contributed by atoms with Crippen LogP contribution in [0.2, 0.25) is 0 Å². The Labute approximate surface area is 185 Å². The van der Waals surface area contributed by atoms with E-state index in [1.165, 1.54) is 51.6 Å². The first-order valence-corrected chi connectivity index (χ1v) is 11.8. The maximum Gasteiger partial charge on any atom is 0.255 e. The SMILES string of the molecule is O=C(Nc1ccc(OCCN2CCCC2)cc1)c1ccc(O)c(C2CCCCCC2)c1. The second kappa shape index (κ2) is 10.7. The minimum absolute atomic E-state index is 0.155. The number of benzene rings is 2. The van der Waals surface area contributed by atoms with Crippen molar-refractivity contribution in [2.24, 2.45) is 0 Å². The van der Waals surface area contributed by atoms with Crippen LogP contribution >= 0.6 is 0 Å². The van der Waals surface area contributed by atoms with Crippen molar-refractivity contribution in [3.8, 4) is 11.5 Å². The zero-order chi connectivity index (χ0) is 21.5. The number of amides is 1. The summed E-state index contributed by atoms with van der Waals surface area (Å²) < 4.78 is 5.84. The summed E-state index contributed by atoms with van der Waals surface area (Å²) >= 11 is 0. The van der Waals surface area contributed by atoms with E-state index in [2.05, 4.69) is 10.2 Å². The average Bonchev–Trinajstić information content (AvgIpc) is 3.15. The van der Waals surface area contributed by atoms with Crippen LogP contribution < -0.4 is 10.1 Å². The molecule has 2 aromatic carbocycles. The van der Waals surface area contributed by atoms with Gasteiger partial charge < -0.3 is 15.2 Å². The lowest BCUT2D eigenvalue weighted by Gasteiger charge is -2.17. The van der Waals surface area contributed by atoms with Gasteiger partial charge in [-0.2, -0.15) is 0 Å². The predicted octanol–water partition coefficient (Wildman–Crippen LogP) is 5.56. The van der Waals surface area contributed by atoms with Crippen LogP contribution in [0.3, 0.4) is 0 Å². The van der Waals surface area contributed by atoms with Crippen molar-refractivity contribution >= 4 is 11.6 Å². The van der Waals surface area contributed by atoms with Gasteiger partial charge in [0, 0.05) is 17.8 Å². The third-order valence-electron chi connectivity index (χ3n) is 6.57. The smallest absolute Gasteiger partial charge is 0.255 e. The van der Waals surface area contributed by atoms with Crippen LogP contribution in [0.5, 0.6) is 11.5 Å². The van der Waals surface area contributed by atoms with Gasteiger partial charge in [0.2, 0.25) is 0 Å². The minimum Gasteiger partial charge on any atom is -0.508 e. The molecule has 2 N–H and O–H groups in total. The molecule has 0 spiro atoms. The molecule has 166 valence electrons. The normalized spacial score (nSPS) is 17.9. The lowest BCUT2D eigenvalue weighted by atomic mass is 9.90. The van der Waals surface area contributed by atoms with Crippen molar-refractivity contribution in [1.82, 2.24) is 4.90 Å². The summed E-state index contributed by atoms with van der Waals surface area (Å²) in [6.45, 7) is 3.99. The van der Waals surface area contributed by atoms with Crippen LogP contribution in [0.1, 0.15) is 73.2 Å². The van der Waals surface area contributed by atoms with Crippen molar-refractivity contribution in [3.63, 3.8) is 0 Å². The first-order valence-electron chi connectivity index (χ1n) is 11.8. The van der Waals surface area contributed by atoms with Gasteiger partial charge in [0.1, 0.15) is 18.1 Å². The number of hydrogen-bond acceptors (Lipinski definition) is 4. The summed E-state index contributed by atoms with van der Waals surface area (Å²) in [7, 11) is 0. The summed E-state index contributed by atoms with van der Waals surface area (Å²) in [6, 6.07) is 12.8. The molecule has 2 fully saturated rings. The lowest BCUT2D eigenvalue weighted by Crippen LogP contribution is -2.25. The van der Waals surface area contributed by atoms with Gasteiger partial charge in [-0.1, -0.05) is 25.7 Å². The van der Waals surface area contributed by atoms with Gasteiger partial charge in [0.15, 0.2) is 0 Å². The van der Waals surface area contributed by atoms with Gasteiger partial charge in [-0.3, -0.25) is 9.69 Å². The highest BCUT2D eigenvalue weighted by Gasteiger charge is 2.19.